The number of piperazine rings is 1. The Bertz CT molecular complexity index is 790. The molecule has 1 saturated heterocycles. The number of amides is 1. The quantitative estimate of drug-likeness (QED) is 0.737. The number of halogens is 2. The molecule has 28 heavy (non-hydrogen) atoms. The summed E-state index contributed by atoms with van der Waals surface area (Å²) in [5.74, 6) is -1.72. The standard InChI is InChI=1S/C19H27F2N3O3S/c1-14-5-2-3-8-17(14)22-18(25)13-23-9-11-24(12-10-23)28(26,27)19-15(20)6-4-7-16(19)21/h4,6-7,14,17H,2-3,5,8-13H2,1H3,(H,22,25)/p+1/t14-,17+/m0/s1. The molecule has 1 aliphatic carbocycles. The predicted octanol–water partition coefficient (Wildman–Crippen LogP) is 0.549. The number of carbonyl (C=O) groups excluding carboxylic acids is 1. The van der Waals surface area contributed by atoms with Crippen molar-refractivity contribution in [2.75, 3.05) is 32.7 Å². The van der Waals surface area contributed by atoms with E-state index >= 15 is 0 Å². The van der Waals surface area contributed by atoms with Gasteiger partial charge in [0.1, 0.15) is 11.6 Å². The van der Waals surface area contributed by atoms with E-state index in [2.05, 4.69) is 12.2 Å². The Kier molecular flexibility index (Phi) is 6.67. The number of carbonyl (C=O) groups is 1. The zero-order valence-electron chi connectivity index (χ0n) is 16.1. The molecule has 1 saturated carbocycles. The molecule has 156 valence electrons. The van der Waals surface area contributed by atoms with E-state index in [1.807, 2.05) is 0 Å². The second-order valence-corrected chi connectivity index (χ2v) is 9.69. The predicted molar refractivity (Wildman–Crippen MR) is 100 cm³/mol. The summed E-state index contributed by atoms with van der Waals surface area (Å²) in [6.07, 6.45) is 4.46. The van der Waals surface area contributed by atoms with Crippen molar-refractivity contribution >= 4 is 15.9 Å². The molecule has 2 fully saturated rings. The summed E-state index contributed by atoms with van der Waals surface area (Å²) in [5, 5.41) is 3.11. The van der Waals surface area contributed by atoms with Crippen molar-refractivity contribution in [3.8, 4) is 0 Å². The molecule has 3 rings (SSSR count). The molecule has 1 aliphatic heterocycles. The van der Waals surface area contributed by atoms with Crippen LogP contribution in [0.5, 0.6) is 0 Å². The van der Waals surface area contributed by atoms with Gasteiger partial charge in [-0.1, -0.05) is 25.8 Å². The lowest BCUT2D eigenvalue weighted by Gasteiger charge is -2.33. The van der Waals surface area contributed by atoms with Crippen LogP contribution >= 0.6 is 0 Å². The first-order valence-corrected chi connectivity index (χ1v) is 11.3. The third-order valence-electron chi connectivity index (χ3n) is 5.81. The zero-order chi connectivity index (χ0) is 20.3. The molecule has 0 radical (unpaired) electrons. The van der Waals surface area contributed by atoms with Crippen LogP contribution in [0.3, 0.4) is 0 Å². The SMILES string of the molecule is C[C@H]1CCCC[C@H]1NC(=O)C[NH+]1CCN(S(=O)(=O)c2c(F)cccc2F)CC1. The number of rotatable bonds is 5. The molecular weight excluding hydrogens is 388 g/mol. The molecule has 1 aromatic rings. The monoisotopic (exact) mass is 416 g/mol. The Morgan fingerprint density at radius 2 is 1.79 bits per heavy atom. The number of nitrogens with one attached hydrogen (secondary N) is 2. The van der Waals surface area contributed by atoms with Gasteiger partial charge in [-0.3, -0.25) is 4.79 Å². The highest BCUT2D eigenvalue weighted by Gasteiger charge is 2.35. The molecule has 6 nitrogen and oxygen atoms in total. The minimum atomic E-state index is -4.24. The second-order valence-electron chi connectivity index (χ2n) is 7.82. The third-order valence-corrected chi connectivity index (χ3v) is 7.77. The summed E-state index contributed by atoms with van der Waals surface area (Å²) < 4.78 is 54.1. The Hall–Kier alpha value is -1.58. The average molecular weight is 417 g/mol. The lowest BCUT2D eigenvalue weighted by molar-refractivity contribution is -0.895. The molecule has 0 spiro atoms. The highest BCUT2D eigenvalue weighted by atomic mass is 32.2. The minimum absolute atomic E-state index is 0.0230. The van der Waals surface area contributed by atoms with Crippen molar-refractivity contribution in [3.63, 3.8) is 0 Å². The largest absolute Gasteiger partial charge is 0.348 e. The summed E-state index contributed by atoms with van der Waals surface area (Å²) in [7, 11) is -4.24. The number of sulfonamides is 1. The minimum Gasteiger partial charge on any atom is -0.348 e. The fourth-order valence-electron chi connectivity index (χ4n) is 4.09. The van der Waals surface area contributed by atoms with Crippen LogP contribution in [-0.2, 0) is 14.8 Å². The van der Waals surface area contributed by atoms with Crippen LogP contribution in [0.4, 0.5) is 8.78 Å². The maximum Gasteiger partial charge on any atom is 0.275 e. The van der Waals surface area contributed by atoms with E-state index in [-0.39, 0.29) is 31.6 Å². The van der Waals surface area contributed by atoms with Gasteiger partial charge in [-0.05, 0) is 30.9 Å². The van der Waals surface area contributed by atoms with E-state index in [4.69, 9.17) is 0 Å². The maximum absolute atomic E-state index is 13.9. The normalized spacial score (nSPS) is 24.8. The molecule has 2 N–H and O–H groups in total. The van der Waals surface area contributed by atoms with Crippen molar-refractivity contribution in [1.82, 2.24) is 9.62 Å². The molecule has 2 atom stereocenters. The third kappa shape index (κ3) is 4.69. The molecule has 0 unspecified atom stereocenters. The van der Waals surface area contributed by atoms with Gasteiger partial charge in [-0.15, -0.1) is 0 Å². The fraction of sp³-hybridized carbons (Fsp3) is 0.632. The molecule has 1 amide bonds. The number of quaternary nitrogens is 1. The van der Waals surface area contributed by atoms with Gasteiger partial charge in [-0.25, -0.2) is 17.2 Å². The lowest BCUT2D eigenvalue weighted by atomic mass is 9.86. The van der Waals surface area contributed by atoms with E-state index in [0.29, 0.717) is 19.0 Å². The van der Waals surface area contributed by atoms with Crippen LogP contribution in [0.15, 0.2) is 23.1 Å². The maximum atomic E-state index is 13.9. The first kappa shape index (κ1) is 21.1. The van der Waals surface area contributed by atoms with Crippen LogP contribution in [-0.4, -0.2) is 57.4 Å². The summed E-state index contributed by atoms with van der Waals surface area (Å²) in [5.41, 5.74) is 0. The Balaban J connectivity index is 1.55. The van der Waals surface area contributed by atoms with Gasteiger partial charge in [0.05, 0.1) is 26.2 Å². The first-order valence-electron chi connectivity index (χ1n) is 9.86. The van der Waals surface area contributed by atoms with Gasteiger partial charge in [-0.2, -0.15) is 4.31 Å². The Morgan fingerprint density at radius 1 is 1.18 bits per heavy atom. The van der Waals surface area contributed by atoms with Crippen molar-refractivity contribution in [1.29, 1.82) is 0 Å². The molecule has 1 heterocycles. The van der Waals surface area contributed by atoms with Crippen LogP contribution in [0.2, 0.25) is 0 Å². The summed E-state index contributed by atoms with van der Waals surface area (Å²) in [4.78, 5) is 12.4. The Morgan fingerprint density at radius 3 is 2.39 bits per heavy atom. The van der Waals surface area contributed by atoms with Gasteiger partial charge in [0.2, 0.25) is 10.0 Å². The molecule has 0 bridgehead atoms. The summed E-state index contributed by atoms with van der Waals surface area (Å²) >= 11 is 0. The van der Waals surface area contributed by atoms with Crippen LogP contribution < -0.4 is 10.2 Å². The van der Waals surface area contributed by atoms with Gasteiger partial charge < -0.3 is 10.2 Å². The number of hydrogen-bond donors (Lipinski definition) is 2. The van der Waals surface area contributed by atoms with Gasteiger partial charge in [0, 0.05) is 6.04 Å². The van der Waals surface area contributed by atoms with Crippen LogP contribution in [0.1, 0.15) is 32.6 Å². The van der Waals surface area contributed by atoms with Crippen molar-refractivity contribution in [2.45, 2.75) is 43.5 Å². The number of benzene rings is 1. The van der Waals surface area contributed by atoms with E-state index in [0.717, 1.165) is 46.7 Å². The van der Waals surface area contributed by atoms with Crippen LogP contribution in [0, 0.1) is 17.6 Å². The zero-order valence-corrected chi connectivity index (χ0v) is 16.9. The van der Waals surface area contributed by atoms with E-state index < -0.39 is 26.6 Å². The van der Waals surface area contributed by atoms with Gasteiger partial charge in [0.25, 0.3) is 5.91 Å². The summed E-state index contributed by atoms with van der Waals surface area (Å²) in [6, 6.07) is 3.23. The van der Waals surface area contributed by atoms with Gasteiger partial charge >= 0.3 is 0 Å². The second kappa shape index (κ2) is 8.84. The van der Waals surface area contributed by atoms with Crippen molar-refractivity contribution in [2.24, 2.45) is 5.92 Å². The highest BCUT2D eigenvalue weighted by Crippen LogP contribution is 2.24. The first-order chi connectivity index (χ1) is 13.3. The van der Waals surface area contributed by atoms with E-state index in [1.165, 1.54) is 6.42 Å². The molecule has 9 heteroatoms. The highest BCUT2D eigenvalue weighted by molar-refractivity contribution is 7.89. The Labute approximate surface area is 164 Å². The topological polar surface area (TPSA) is 70.9 Å². The fourth-order valence-corrected chi connectivity index (χ4v) is 5.64. The lowest BCUT2D eigenvalue weighted by Crippen LogP contribution is -3.15. The number of nitrogens with zero attached hydrogens (tertiary/aromatic N) is 1. The molecule has 2 aliphatic rings. The van der Waals surface area contributed by atoms with E-state index in [1.54, 1.807) is 0 Å². The summed E-state index contributed by atoms with van der Waals surface area (Å²) in [6.45, 7) is 3.52. The molecule has 1 aromatic carbocycles. The van der Waals surface area contributed by atoms with Gasteiger partial charge in [0.15, 0.2) is 11.4 Å². The number of hydrogen-bond acceptors (Lipinski definition) is 3. The smallest absolute Gasteiger partial charge is 0.275 e. The average Bonchev–Trinajstić information content (AvgIpc) is 2.64. The van der Waals surface area contributed by atoms with Crippen molar-refractivity contribution < 1.29 is 26.9 Å². The van der Waals surface area contributed by atoms with Crippen molar-refractivity contribution in [3.05, 3.63) is 29.8 Å². The van der Waals surface area contributed by atoms with Crippen LogP contribution in [0.25, 0.3) is 0 Å². The van der Waals surface area contributed by atoms with E-state index in [9.17, 15) is 22.0 Å². The molecule has 0 aromatic heterocycles. The molecular formula is C19H28F2N3O3S+.